The molecule has 1 aliphatic heterocycles. The zero-order valence-electron chi connectivity index (χ0n) is 15.3. The van der Waals surface area contributed by atoms with Gasteiger partial charge in [-0.05, 0) is 25.0 Å². The third-order valence-electron chi connectivity index (χ3n) is 4.75. The Morgan fingerprint density at radius 2 is 1.87 bits per heavy atom. The zero-order chi connectivity index (χ0) is 21.5. The van der Waals surface area contributed by atoms with E-state index in [-0.39, 0.29) is 29.3 Å². The number of hydrogen-bond donors (Lipinski definition) is 1. The SMILES string of the molecule is FC(F)(F)c1ccc(-c2nnc(N[C@@H]3CCCOC3)n3cncc23)c(C(F)(F)F)c1. The largest absolute Gasteiger partial charge is 0.417 e. The minimum Gasteiger partial charge on any atom is -0.379 e. The van der Waals surface area contributed by atoms with Crippen LogP contribution >= 0.6 is 0 Å². The molecule has 2 aromatic heterocycles. The first-order valence-corrected chi connectivity index (χ1v) is 8.96. The van der Waals surface area contributed by atoms with Gasteiger partial charge < -0.3 is 10.1 Å². The van der Waals surface area contributed by atoms with Gasteiger partial charge in [0.15, 0.2) is 0 Å². The van der Waals surface area contributed by atoms with Gasteiger partial charge in [0, 0.05) is 12.2 Å². The van der Waals surface area contributed by atoms with E-state index in [9.17, 15) is 26.3 Å². The van der Waals surface area contributed by atoms with E-state index in [1.54, 1.807) is 0 Å². The lowest BCUT2D eigenvalue weighted by molar-refractivity contribution is -0.142. The van der Waals surface area contributed by atoms with Crippen LogP contribution in [0.5, 0.6) is 0 Å². The molecule has 0 radical (unpaired) electrons. The van der Waals surface area contributed by atoms with Crippen LogP contribution in [0.25, 0.3) is 16.8 Å². The lowest BCUT2D eigenvalue weighted by Gasteiger charge is -2.23. The maximum absolute atomic E-state index is 13.6. The number of hydrogen-bond acceptors (Lipinski definition) is 5. The molecule has 3 heterocycles. The van der Waals surface area contributed by atoms with Crippen LogP contribution in [0.15, 0.2) is 30.7 Å². The van der Waals surface area contributed by atoms with Crippen molar-refractivity contribution in [2.45, 2.75) is 31.2 Å². The molecule has 0 aliphatic carbocycles. The molecular formula is C18H15F6N5O. The Balaban J connectivity index is 1.80. The summed E-state index contributed by atoms with van der Waals surface area (Å²) < 4.78 is 86.3. The van der Waals surface area contributed by atoms with Crippen LogP contribution in [-0.2, 0) is 17.1 Å². The van der Waals surface area contributed by atoms with E-state index in [0.29, 0.717) is 19.3 Å². The molecule has 1 N–H and O–H groups in total. The standard InChI is InChI=1S/C18H15F6N5O/c19-17(20,21)10-3-4-12(13(6-10)18(22,23)24)15-14-7-25-9-29(14)16(28-27-15)26-11-2-1-5-30-8-11/h3-4,6-7,9,11H,1-2,5,8H2,(H,26,28)/t11-/m1/s1. The van der Waals surface area contributed by atoms with Crippen molar-refractivity contribution < 1.29 is 31.1 Å². The minimum absolute atomic E-state index is 0.0543. The predicted molar refractivity (Wildman–Crippen MR) is 93.7 cm³/mol. The van der Waals surface area contributed by atoms with Crippen molar-refractivity contribution in [1.29, 1.82) is 0 Å². The number of nitrogens with one attached hydrogen (secondary N) is 1. The van der Waals surface area contributed by atoms with Crippen molar-refractivity contribution in [2.75, 3.05) is 18.5 Å². The van der Waals surface area contributed by atoms with E-state index in [0.717, 1.165) is 18.9 Å². The number of ether oxygens (including phenoxy) is 1. The van der Waals surface area contributed by atoms with Crippen molar-refractivity contribution in [2.24, 2.45) is 0 Å². The van der Waals surface area contributed by atoms with Gasteiger partial charge in [-0.3, -0.25) is 4.40 Å². The number of imidazole rings is 1. The Bertz CT molecular complexity index is 1060. The molecule has 4 rings (SSSR count). The Kier molecular flexibility index (Phi) is 5.04. The van der Waals surface area contributed by atoms with Crippen molar-refractivity contribution in [3.05, 3.63) is 41.9 Å². The van der Waals surface area contributed by atoms with Crippen LogP contribution in [0.3, 0.4) is 0 Å². The first-order valence-electron chi connectivity index (χ1n) is 8.96. The second kappa shape index (κ2) is 7.42. The highest BCUT2D eigenvalue weighted by molar-refractivity contribution is 5.79. The molecule has 1 fully saturated rings. The molecule has 0 spiro atoms. The smallest absolute Gasteiger partial charge is 0.379 e. The molecule has 1 aliphatic rings. The highest BCUT2D eigenvalue weighted by Gasteiger charge is 2.39. The van der Waals surface area contributed by atoms with E-state index >= 15 is 0 Å². The lowest BCUT2D eigenvalue weighted by Crippen LogP contribution is -2.31. The summed E-state index contributed by atoms with van der Waals surface area (Å²) in [7, 11) is 0. The van der Waals surface area contributed by atoms with Crippen molar-refractivity contribution in [1.82, 2.24) is 19.6 Å². The van der Waals surface area contributed by atoms with Gasteiger partial charge >= 0.3 is 12.4 Å². The Labute approximate surface area is 165 Å². The van der Waals surface area contributed by atoms with E-state index < -0.39 is 29.0 Å². The fourth-order valence-electron chi connectivity index (χ4n) is 3.32. The summed E-state index contributed by atoms with van der Waals surface area (Å²) in [5.41, 5.74) is -3.41. The molecule has 6 nitrogen and oxygen atoms in total. The summed E-state index contributed by atoms with van der Waals surface area (Å²) >= 11 is 0. The van der Waals surface area contributed by atoms with E-state index in [1.165, 1.54) is 16.9 Å². The summed E-state index contributed by atoms with van der Waals surface area (Å²) in [6.07, 6.45) is -5.65. The topological polar surface area (TPSA) is 64.3 Å². The molecule has 1 saturated heterocycles. The Morgan fingerprint density at radius 3 is 2.53 bits per heavy atom. The first-order chi connectivity index (χ1) is 14.1. The van der Waals surface area contributed by atoms with Gasteiger partial charge in [-0.2, -0.15) is 26.3 Å². The molecule has 160 valence electrons. The number of alkyl halides is 6. The van der Waals surface area contributed by atoms with Crippen LogP contribution in [-0.4, -0.2) is 38.8 Å². The molecule has 3 aromatic rings. The van der Waals surface area contributed by atoms with E-state index in [1.807, 2.05) is 0 Å². The quantitative estimate of drug-likeness (QED) is 0.622. The molecule has 0 bridgehead atoms. The minimum atomic E-state index is -5.02. The lowest BCUT2D eigenvalue weighted by atomic mass is 10.00. The van der Waals surface area contributed by atoms with Crippen molar-refractivity contribution in [3.8, 4) is 11.3 Å². The van der Waals surface area contributed by atoms with Crippen molar-refractivity contribution >= 4 is 11.5 Å². The number of fused-ring (bicyclic) bond motifs is 1. The summed E-state index contributed by atoms with van der Waals surface area (Å²) in [6, 6.07) is 1.37. The Hall–Kier alpha value is -2.89. The number of anilines is 1. The fourth-order valence-corrected chi connectivity index (χ4v) is 3.32. The van der Waals surface area contributed by atoms with Gasteiger partial charge in [-0.25, -0.2) is 4.98 Å². The molecule has 1 aromatic carbocycles. The summed E-state index contributed by atoms with van der Waals surface area (Å²) in [5, 5.41) is 11.0. The monoisotopic (exact) mass is 431 g/mol. The molecule has 0 saturated carbocycles. The highest BCUT2D eigenvalue weighted by atomic mass is 19.4. The van der Waals surface area contributed by atoms with Gasteiger partial charge in [0.1, 0.15) is 12.0 Å². The molecule has 12 heteroatoms. The fraction of sp³-hybridized carbons (Fsp3) is 0.389. The summed E-state index contributed by atoms with van der Waals surface area (Å²) in [4.78, 5) is 3.94. The van der Waals surface area contributed by atoms with Gasteiger partial charge in [0.2, 0.25) is 5.95 Å². The predicted octanol–water partition coefficient (Wildman–Crippen LogP) is 4.42. The van der Waals surface area contributed by atoms with Crippen LogP contribution in [0.4, 0.5) is 32.3 Å². The van der Waals surface area contributed by atoms with Crippen LogP contribution < -0.4 is 5.32 Å². The highest BCUT2D eigenvalue weighted by Crippen LogP contribution is 2.41. The normalized spacial score (nSPS) is 18.0. The molecule has 30 heavy (non-hydrogen) atoms. The number of halogens is 6. The average Bonchev–Trinajstić information content (AvgIpc) is 3.18. The maximum Gasteiger partial charge on any atom is 0.417 e. The van der Waals surface area contributed by atoms with E-state index in [2.05, 4.69) is 20.5 Å². The molecule has 1 atom stereocenters. The van der Waals surface area contributed by atoms with Gasteiger partial charge in [0.05, 0.1) is 35.5 Å². The van der Waals surface area contributed by atoms with Gasteiger partial charge in [0.25, 0.3) is 0 Å². The third kappa shape index (κ3) is 3.91. The Morgan fingerprint density at radius 1 is 1.07 bits per heavy atom. The first kappa shape index (κ1) is 20.4. The average molecular weight is 431 g/mol. The zero-order valence-corrected chi connectivity index (χ0v) is 15.3. The third-order valence-corrected chi connectivity index (χ3v) is 4.75. The van der Waals surface area contributed by atoms with Crippen LogP contribution in [0, 0.1) is 0 Å². The summed E-state index contributed by atoms with van der Waals surface area (Å²) in [5.74, 6) is 0.252. The number of rotatable bonds is 3. The van der Waals surface area contributed by atoms with Crippen LogP contribution in [0.1, 0.15) is 24.0 Å². The van der Waals surface area contributed by atoms with Crippen LogP contribution in [0.2, 0.25) is 0 Å². The molecule has 0 amide bonds. The maximum atomic E-state index is 13.6. The second-order valence-electron chi connectivity index (χ2n) is 6.84. The summed E-state index contributed by atoms with van der Waals surface area (Å²) in [6.45, 7) is 1.09. The van der Waals surface area contributed by atoms with Gasteiger partial charge in [-0.15, -0.1) is 10.2 Å². The molecular weight excluding hydrogens is 416 g/mol. The number of nitrogens with zero attached hydrogens (tertiary/aromatic N) is 4. The molecule has 0 unspecified atom stereocenters. The number of aromatic nitrogens is 4. The second-order valence-corrected chi connectivity index (χ2v) is 6.84. The van der Waals surface area contributed by atoms with Crippen molar-refractivity contribution in [3.63, 3.8) is 0 Å². The number of benzene rings is 1. The van der Waals surface area contributed by atoms with Gasteiger partial charge in [-0.1, -0.05) is 6.07 Å². The van der Waals surface area contributed by atoms with E-state index in [4.69, 9.17) is 4.74 Å².